The van der Waals surface area contributed by atoms with Crippen molar-refractivity contribution in [3.05, 3.63) is 47.7 Å². The van der Waals surface area contributed by atoms with Crippen LogP contribution in [0.5, 0.6) is 0 Å². The number of nitrogens with zero attached hydrogens (tertiary/aromatic N) is 5. The number of rotatable bonds is 3. The van der Waals surface area contributed by atoms with Crippen molar-refractivity contribution in [2.24, 2.45) is 10.9 Å². The second kappa shape index (κ2) is 5.41. The number of hydrogen-bond donors (Lipinski definition) is 0. The highest BCUT2D eigenvalue weighted by Crippen LogP contribution is 2.46. The molecule has 0 bridgehead atoms. The van der Waals surface area contributed by atoms with E-state index in [2.05, 4.69) is 15.2 Å². The van der Waals surface area contributed by atoms with Crippen LogP contribution >= 0.6 is 0 Å². The van der Waals surface area contributed by atoms with Gasteiger partial charge in [0.05, 0.1) is 18.1 Å². The first-order valence-electron chi connectivity index (χ1n) is 7.83. The van der Waals surface area contributed by atoms with Gasteiger partial charge in [0, 0.05) is 17.8 Å². The molecule has 1 aromatic heterocycles. The molecule has 126 valence electrons. The normalized spacial score (nSPS) is 22.7. The fourth-order valence-corrected chi connectivity index (χ4v) is 3.29. The van der Waals surface area contributed by atoms with Crippen LogP contribution in [0.15, 0.2) is 47.1 Å². The maximum absolute atomic E-state index is 13.5. The van der Waals surface area contributed by atoms with Crippen LogP contribution in [0.4, 0.5) is 13.2 Å². The third kappa shape index (κ3) is 2.60. The van der Waals surface area contributed by atoms with E-state index in [1.54, 1.807) is 42.5 Å². The molecule has 5 nitrogen and oxygen atoms in total. The van der Waals surface area contributed by atoms with Crippen molar-refractivity contribution in [3.63, 3.8) is 0 Å². The molecule has 1 fully saturated rings. The molecule has 1 aromatic rings. The van der Waals surface area contributed by atoms with Gasteiger partial charge in [-0.3, -0.25) is 5.01 Å². The van der Waals surface area contributed by atoms with E-state index in [0.29, 0.717) is 24.4 Å². The second-order valence-corrected chi connectivity index (χ2v) is 6.23. The molecule has 4 rings (SSSR count). The minimum Gasteiger partial charge on any atom is -0.261 e. The SMILES string of the molecule is CC1=CC(c2ccnnc2)=NC2=CCN(C(C3CC3)C(F)(F)F)N12. The van der Waals surface area contributed by atoms with E-state index in [4.69, 9.17) is 0 Å². The molecule has 0 spiro atoms. The van der Waals surface area contributed by atoms with Crippen LogP contribution < -0.4 is 0 Å². The first-order valence-corrected chi connectivity index (χ1v) is 7.83. The van der Waals surface area contributed by atoms with Gasteiger partial charge in [0.1, 0.15) is 11.9 Å². The smallest absolute Gasteiger partial charge is 0.261 e. The summed E-state index contributed by atoms with van der Waals surface area (Å²) in [5.41, 5.74) is 2.19. The molecule has 2 aliphatic heterocycles. The van der Waals surface area contributed by atoms with Gasteiger partial charge in [0.15, 0.2) is 0 Å². The molecule has 0 aromatic carbocycles. The summed E-state index contributed by atoms with van der Waals surface area (Å²) in [6.07, 6.45) is 3.69. The number of halogens is 3. The van der Waals surface area contributed by atoms with Crippen LogP contribution in [0.3, 0.4) is 0 Å². The highest BCUT2D eigenvalue weighted by molar-refractivity contribution is 6.09. The van der Waals surface area contributed by atoms with Crippen LogP contribution in [0.1, 0.15) is 25.3 Å². The van der Waals surface area contributed by atoms with Gasteiger partial charge in [0.2, 0.25) is 0 Å². The van der Waals surface area contributed by atoms with Gasteiger partial charge in [-0.2, -0.15) is 28.4 Å². The molecule has 3 heterocycles. The lowest BCUT2D eigenvalue weighted by molar-refractivity contribution is -0.212. The van der Waals surface area contributed by atoms with Crippen molar-refractivity contribution in [2.75, 3.05) is 6.54 Å². The summed E-state index contributed by atoms with van der Waals surface area (Å²) in [7, 11) is 0. The summed E-state index contributed by atoms with van der Waals surface area (Å²) in [4.78, 5) is 4.51. The second-order valence-electron chi connectivity index (χ2n) is 6.23. The summed E-state index contributed by atoms with van der Waals surface area (Å²) in [5, 5.41) is 10.5. The lowest BCUT2D eigenvalue weighted by Crippen LogP contribution is -2.52. The largest absolute Gasteiger partial charge is 0.406 e. The number of aliphatic imine (C=N–C) groups is 1. The Morgan fingerprint density at radius 3 is 2.67 bits per heavy atom. The van der Waals surface area contributed by atoms with E-state index < -0.39 is 12.2 Å². The Morgan fingerprint density at radius 1 is 1.25 bits per heavy atom. The maximum atomic E-state index is 13.5. The van der Waals surface area contributed by atoms with Crippen molar-refractivity contribution in [1.82, 2.24) is 20.2 Å². The van der Waals surface area contributed by atoms with E-state index in [1.165, 1.54) is 5.01 Å². The van der Waals surface area contributed by atoms with Crippen molar-refractivity contribution in [1.29, 1.82) is 0 Å². The van der Waals surface area contributed by atoms with Crippen molar-refractivity contribution < 1.29 is 13.2 Å². The zero-order valence-corrected chi connectivity index (χ0v) is 13.0. The number of fused-ring (bicyclic) bond motifs is 1. The fraction of sp³-hybridized carbons (Fsp3) is 0.438. The van der Waals surface area contributed by atoms with Gasteiger partial charge < -0.3 is 0 Å². The van der Waals surface area contributed by atoms with E-state index >= 15 is 0 Å². The molecule has 0 radical (unpaired) electrons. The van der Waals surface area contributed by atoms with Gasteiger partial charge >= 0.3 is 6.18 Å². The minimum absolute atomic E-state index is 0.215. The standard InChI is InChI=1S/C16H16F3N5/c1-10-8-13(12-4-6-20-21-9-12)22-14-5-7-23(24(10)14)15(11-2-3-11)16(17,18)19/h4-6,8-9,11,15H,2-3,7H2,1H3. The van der Waals surface area contributed by atoms with Crippen LogP contribution in [-0.2, 0) is 0 Å². The molecule has 1 atom stereocenters. The van der Waals surface area contributed by atoms with Gasteiger partial charge in [-0.05, 0) is 43.9 Å². The molecule has 1 saturated carbocycles. The van der Waals surface area contributed by atoms with Crippen molar-refractivity contribution in [3.8, 4) is 0 Å². The van der Waals surface area contributed by atoms with Gasteiger partial charge in [-0.15, -0.1) is 0 Å². The Bertz CT molecular complexity index is 734. The van der Waals surface area contributed by atoms with Crippen molar-refractivity contribution in [2.45, 2.75) is 32.0 Å². The predicted octanol–water partition coefficient (Wildman–Crippen LogP) is 2.90. The zero-order chi connectivity index (χ0) is 16.9. The number of hydrazine groups is 1. The zero-order valence-electron chi connectivity index (χ0n) is 13.0. The predicted molar refractivity (Wildman–Crippen MR) is 81.5 cm³/mol. The molecule has 1 unspecified atom stereocenters. The van der Waals surface area contributed by atoms with Crippen LogP contribution in [0.2, 0.25) is 0 Å². The molecule has 24 heavy (non-hydrogen) atoms. The Labute approximate surface area is 137 Å². The molecule has 0 amide bonds. The van der Waals surface area contributed by atoms with Crippen LogP contribution in [0.25, 0.3) is 0 Å². The quantitative estimate of drug-likeness (QED) is 0.852. The van der Waals surface area contributed by atoms with E-state index in [9.17, 15) is 13.2 Å². The maximum Gasteiger partial charge on any atom is 0.406 e. The van der Waals surface area contributed by atoms with Crippen molar-refractivity contribution >= 4 is 5.71 Å². The molecule has 0 N–H and O–H groups in total. The Hall–Kier alpha value is -2.22. The van der Waals surface area contributed by atoms with Gasteiger partial charge in [-0.25, -0.2) is 4.99 Å². The van der Waals surface area contributed by atoms with E-state index in [-0.39, 0.29) is 12.5 Å². The molecule has 1 aliphatic carbocycles. The fourth-order valence-electron chi connectivity index (χ4n) is 3.29. The van der Waals surface area contributed by atoms with Gasteiger partial charge in [0.25, 0.3) is 0 Å². The van der Waals surface area contributed by atoms with Gasteiger partial charge in [-0.1, -0.05) is 0 Å². The number of allylic oxidation sites excluding steroid dienone is 2. The summed E-state index contributed by atoms with van der Waals surface area (Å²) in [5.74, 6) is 0.219. The molecular weight excluding hydrogens is 319 g/mol. The summed E-state index contributed by atoms with van der Waals surface area (Å²) in [6, 6.07) is 0.329. The number of hydrogen-bond acceptors (Lipinski definition) is 5. The lowest BCUT2D eigenvalue weighted by atomic mass is 10.1. The highest BCUT2D eigenvalue weighted by atomic mass is 19.4. The topological polar surface area (TPSA) is 44.6 Å². The Kier molecular flexibility index (Phi) is 3.45. The third-order valence-electron chi connectivity index (χ3n) is 4.45. The number of alkyl halides is 3. The minimum atomic E-state index is -4.25. The highest BCUT2D eigenvalue weighted by Gasteiger charge is 2.54. The lowest BCUT2D eigenvalue weighted by Gasteiger charge is -2.39. The first kappa shape index (κ1) is 15.3. The van der Waals surface area contributed by atoms with Crippen LogP contribution in [-0.4, -0.2) is 44.7 Å². The van der Waals surface area contributed by atoms with Crippen LogP contribution in [0, 0.1) is 5.92 Å². The number of aromatic nitrogens is 2. The monoisotopic (exact) mass is 335 g/mol. The third-order valence-corrected chi connectivity index (χ3v) is 4.45. The summed E-state index contributed by atoms with van der Waals surface area (Å²) < 4.78 is 40.6. The molecule has 3 aliphatic rings. The molecule has 8 heteroatoms. The van der Waals surface area contributed by atoms with E-state index in [0.717, 1.165) is 11.3 Å². The molecule has 0 saturated heterocycles. The summed E-state index contributed by atoms with van der Waals surface area (Å²) in [6.45, 7) is 2.02. The first-order chi connectivity index (χ1) is 11.4. The molecular formula is C16H16F3N5. The summed E-state index contributed by atoms with van der Waals surface area (Å²) >= 11 is 0. The average molecular weight is 335 g/mol. The van der Waals surface area contributed by atoms with E-state index in [1.807, 2.05) is 0 Å². The average Bonchev–Trinajstić information content (AvgIpc) is 3.26. The Balaban J connectivity index is 1.65. The Morgan fingerprint density at radius 2 is 2.04 bits per heavy atom.